The van der Waals surface area contributed by atoms with Gasteiger partial charge in [-0.05, 0) is 23.8 Å². The van der Waals surface area contributed by atoms with Crippen molar-refractivity contribution in [2.45, 2.75) is 6.04 Å². The lowest BCUT2D eigenvalue weighted by atomic mass is 10.1. The molecule has 0 fully saturated rings. The maximum absolute atomic E-state index is 5.88. The van der Waals surface area contributed by atoms with Crippen molar-refractivity contribution in [2.24, 2.45) is 0 Å². The summed E-state index contributed by atoms with van der Waals surface area (Å²) in [5.41, 5.74) is 1.21. The van der Waals surface area contributed by atoms with Crippen LogP contribution in [-0.4, -0.2) is 11.4 Å². The third kappa shape index (κ3) is 2.37. The predicted molar refractivity (Wildman–Crippen MR) is 69.4 cm³/mol. The summed E-state index contributed by atoms with van der Waals surface area (Å²) in [6, 6.07) is 8.12. The van der Waals surface area contributed by atoms with Gasteiger partial charge in [-0.2, -0.15) is 0 Å². The fraction of sp³-hybridized carbons (Fsp3) is 0.143. The first kappa shape index (κ1) is 11.0. The second kappa shape index (κ2) is 5.04. The Kier molecular flexibility index (Phi) is 3.47. The monoisotopic (exact) mass is 231 g/mol. The van der Waals surface area contributed by atoms with Crippen LogP contribution in [0.25, 0.3) is 0 Å². The largest absolute Gasteiger partial charge is 0.363 e. The summed E-state index contributed by atoms with van der Waals surface area (Å²) < 4.78 is 0. The Morgan fingerprint density at radius 1 is 1.25 bits per heavy atom. The van der Waals surface area contributed by atoms with Crippen LogP contribution < -0.4 is 0 Å². The van der Waals surface area contributed by atoms with Crippen molar-refractivity contribution < 1.29 is 0 Å². The summed E-state index contributed by atoms with van der Waals surface area (Å²) in [5, 5.41) is 0.764. The fourth-order valence-corrected chi connectivity index (χ4v) is 1.94. The maximum atomic E-state index is 5.88. The molecule has 16 heavy (non-hydrogen) atoms. The molecule has 1 nitrogen and oxygen atoms in total. The van der Waals surface area contributed by atoms with E-state index in [2.05, 4.69) is 29.8 Å². The number of hydrogen-bond acceptors (Lipinski definition) is 1. The summed E-state index contributed by atoms with van der Waals surface area (Å²) in [5.74, 6) is 0. The van der Waals surface area contributed by atoms with E-state index in [1.54, 1.807) is 0 Å². The zero-order chi connectivity index (χ0) is 11.4. The molecule has 1 heterocycles. The van der Waals surface area contributed by atoms with Gasteiger partial charge in [-0.25, -0.2) is 0 Å². The molecular formula is C14H14ClN. The van der Waals surface area contributed by atoms with Gasteiger partial charge in [0.2, 0.25) is 0 Å². The first-order valence-corrected chi connectivity index (χ1v) is 5.66. The van der Waals surface area contributed by atoms with E-state index in [9.17, 15) is 0 Å². The third-order valence-corrected chi connectivity index (χ3v) is 2.89. The van der Waals surface area contributed by atoms with Crippen molar-refractivity contribution in [3.63, 3.8) is 0 Å². The fourth-order valence-electron chi connectivity index (χ4n) is 1.81. The minimum atomic E-state index is 0.207. The Bertz CT molecular complexity index is 417. The maximum Gasteiger partial charge on any atom is 0.0722 e. The van der Waals surface area contributed by atoms with Gasteiger partial charge in [0.25, 0.3) is 0 Å². The smallest absolute Gasteiger partial charge is 0.0722 e. The standard InChI is InChI=1S/C14H14ClN/c1-2-14(16-10-4-3-5-11-16)12-6-8-13(15)9-7-12/h2-10,14H,1,11H2. The summed E-state index contributed by atoms with van der Waals surface area (Å²) in [6.45, 7) is 4.81. The summed E-state index contributed by atoms with van der Waals surface area (Å²) in [6.07, 6.45) is 10.3. The molecule has 82 valence electrons. The molecule has 2 rings (SSSR count). The molecule has 0 amide bonds. The topological polar surface area (TPSA) is 3.24 Å². The van der Waals surface area contributed by atoms with E-state index in [0.717, 1.165) is 11.6 Å². The Labute approximate surface area is 101 Å². The molecule has 1 aromatic carbocycles. The quantitative estimate of drug-likeness (QED) is 0.712. The predicted octanol–water partition coefficient (Wildman–Crippen LogP) is 3.95. The van der Waals surface area contributed by atoms with E-state index < -0.39 is 0 Å². The van der Waals surface area contributed by atoms with Gasteiger partial charge in [0.05, 0.1) is 6.04 Å². The molecule has 0 N–H and O–H groups in total. The Morgan fingerprint density at radius 2 is 2.00 bits per heavy atom. The average molecular weight is 232 g/mol. The summed E-state index contributed by atoms with van der Waals surface area (Å²) in [7, 11) is 0. The number of benzene rings is 1. The zero-order valence-corrected chi connectivity index (χ0v) is 9.77. The van der Waals surface area contributed by atoms with Crippen LogP contribution in [0.4, 0.5) is 0 Å². The van der Waals surface area contributed by atoms with Crippen LogP contribution in [0.3, 0.4) is 0 Å². The Balaban J connectivity index is 2.22. The lowest BCUT2D eigenvalue weighted by Crippen LogP contribution is -2.23. The highest BCUT2D eigenvalue weighted by Crippen LogP contribution is 2.24. The van der Waals surface area contributed by atoms with E-state index in [1.165, 1.54) is 5.56 Å². The molecule has 1 atom stereocenters. The van der Waals surface area contributed by atoms with Gasteiger partial charge >= 0.3 is 0 Å². The molecule has 0 aromatic heterocycles. The molecule has 1 unspecified atom stereocenters. The minimum Gasteiger partial charge on any atom is -0.363 e. The lowest BCUT2D eigenvalue weighted by molar-refractivity contribution is 0.356. The van der Waals surface area contributed by atoms with Crippen molar-refractivity contribution in [3.8, 4) is 0 Å². The van der Waals surface area contributed by atoms with E-state index in [4.69, 9.17) is 11.6 Å². The van der Waals surface area contributed by atoms with Gasteiger partial charge in [0, 0.05) is 17.8 Å². The number of allylic oxidation sites excluding steroid dienone is 2. The van der Waals surface area contributed by atoms with Gasteiger partial charge in [-0.15, -0.1) is 6.58 Å². The van der Waals surface area contributed by atoms with Gasteiger partial charge in [0.15, 0.2) is 0 Å². The minimum absolute atomic E-state index is 0.207. The number of hydrogen-bond donors (Lipinski definition) is 0. The first-order valence-electron chi connectivity index (χ1n) is 5.28. The molecule has 1 aliphatic rings. The normalized spacial score (nSPS) is 16.2. The molecule has 0 bridgehead atoms. The second-order valence-electron chi connectivity index (χ2n) is 3.70. The summed E-state index contributed by atoms with van der Waals surface area (Å²) >= 11 is 5.88. The highest BCUT2D eigenvalue weighted by atomic mass is 35.5. The molecule has 0 saturated carbocycles. The highest BCUT2D eigenvalue weighted by molar-refractivity contribution is 6.30. The van der Waals surface area contributed by atoms with Gasteiger partial charge in [-0.1, -0.05) is 42.0 Å². The van der Waals surface area contributed by atoms with Crippen LogP contribution >= 0.6 is 11.6 Å². The lowest BCUT2D eigenvalue weighted by Gasteiger charge is -2.29. The molecule has 2 heteroatoms. The third-order valence-electron chi connectivity index (χ3n) is 2.63. The van der Waals surface area contributed by atoms with Gasteiger partial charge in [0.1, 0.15) is 0 Å². The van der Waals surface area contributed by atoms with Crippen molar-refractivity contribution in [2.75, 3.05) is 6.54 Å². The molecule has 1 aromatic rings. The number of halogens is 1. The van der Waals surface area contributed by atoms with E-state index in [0.29, 0.717) is 0 Å². The van der Waals surface area contributed by atoms with E-state index in [1.807, 2.05) is 36.4 Å². The highest BCUT2D eigenvalue weighted by Gasteiger charge is 2.13. The molecule has 0 spiro atoms. The van der Waals surface area contributed by atoms with E-state index in [-0.39, 0.29) is 6.04 Å². The van der Waals surface area contributed by atoms with Crippen molar-refractivity contribution in [1.29, 1.82) is 0 Å². The Hall–Kier alpha value is -1.47. The molecular weight excluding hydrogens is 218 g/mol. The Morgan fingerprint density at radius 3 is 2.56 bits per heavy atom. The van der Waals surface area contributed by atoms with Crippen molar-refractivity contribution in [3.05, 3.63) is 71.9 Å². The van der Waals surface area contributed by atoms with Gasteiger partial charge < -0.3 is 4.90 Å². The molecule has 1 aliphatic heterocycles. The number of rotatable bonds is 3. The van der Waals surface area contributed by atoms with Crippen LogP contribution in [0.2, 0.25) is 5.02 Å². The van der Waals surface area contributed by atoms with Crippen LogP contribution in [0.1, 0.15) is 11.6 Å². The van der Waals surface area contributed by atoms with E-state index >= 15 is 0 Å². The zero-order valence-electron chi connectivity index (χ0n) is 9.01. The first-order chi connectivity index (χ1) is 7.81. The molecule has 0 saturated heterocycles. The average Bonchev–Trinajstić information content (AvgIpc) is 2.34. The van der Waals surface area contributed by atoms with Crippen molar-refractivity contribution in [1.82, 2.24) is 4.90 Å². The SMILES string of the molecule is C=CC(c1ccc(Cl)cc1)N1C=CC=CC1. The second-order valence-corrected chi connectivity index (χ2v) is 4.13. The van der Waals surface area contributed by atoms with Crippen molar-refractivity contribution >= 4 is 11.6 Å². The summed E-state index contributed by atoms with van der Waals surface area (Å²) in [4.78, 5) is 2.23. The number of nitrogens with zero attached hydrogens (tertiary/aromatic N) is 1. The molecule has 0 aliphatic carbocycles. The van der Waals surface area contributed by atoms with Gasteiger partial charge in [-0.3, -0.25) is 0 Å². The molecule has 0 radical (unpaired) electrons. The van der Waals surface area contributed by atoms with Crippen LogP contribution in [0.5, 0.6) is 0 Å². The van der Waals surface area contributed by atoms with Crippen LogP contribution in [-0.2, 0) is 0 Å². The van der Waals surface area contributed by atoms with Crippen LogP contribution in [0.15, 0.2) is 61.3 Å². The van der Waals surface area contributed by atoms with Crippen LogP contribution in [0, 0.1) is 0 Å².